The zero-order chi connectivity index (χ0) is 19.4. The molecule has 7 heteroatoms. The standard InChI is InChI=1S/C20H21FN2O4/c1-27-17-5-3-2-4-16(17)19(25)22-10-12-23(13-11-22)20(26)18(24)14-6-8-15(21)9-7-14/h2-9,18,24H,10-13H2,1H3/t18-/m0/s1. The van der Waals surface area contributed by atoms with Crippen LogP contribution in [0, 0.1) is 5.82 Å². The van der Waals surface area contributed by atoms with E-state index in [-0.39, 0.29) is 5.91 Å². The Morgan fingerprint density at radius 3 is 2.22 bits per heavy atom. The van der Waals surface area contributed by atoms with Crippen molar-refractivity contribution in [3.8, 4) is 5.75 Å². The molecular formula is C20H21FN2O4. The van der Waals surface area contributed by atoms with E-state index in [9.17, 15) is 19.1 Å². The summed E-state index contributed by atoms with van der Waals surface area (Å²) in [7, 11) is 1.51. The Hall–Kier alpha value is -2.93. The van der Waals surface area contributed by atoms with Gasteiger partial charge in [-0.25, -0.2) is 4.39 Å². The summed E-state index contributed by atoms with van der Waals surface area (Å²) in [6, 6.07) is 12.2. The molecule has 1 N–H and O–H groups in total. The molecule has 0 aromatic heterocycles. The van der Waals surface area contributed by atoms with Crippen molar-refractivity contribution in [3.05, 3.63) is 65.5 Å². The zero-order valence-corrected chi connectivity index (χ0v) is 15.0. The van der Waals surface area contributed by atoms with E-state index in [1.165, 1.54) is 36.3 Å². The second-order valence-corrected chi connectivity index (χ2v) is 6.27. The molecule has 1 aliphatic heterocycles. The zero-order valence-electron chi connectivity index (χ0n) is 15.0. The van der Waals surface area contributed by atoms with Crippen molar-refractivity contribution in [1.29, 1.82) is 0 Å². The minimum absolute atomic E-state index is 0.154. The minimum atomic E-state index is -1.35. The van der Waals surface area contributed by atoms with Gasteiger partial charge in [0.15, 0.2) is 6.10 Å². The number of amides is 2. The molecule has 2 amide bonds. The first-order valence-corrected chi connectivity index (χ1v) is 8.66. The number of hydrogen-bond acceptors (Lipinski definition) is 4. The van der Waals surface area contributed by atoms with Crippen LogP contribution in [0.15, 0.2) is 48.5 Å². The average molecular weight is 372 g/mol. The van der Waals surface area contributed by atoms with Crippen LogP contribution in [-0.2, 0) is 4.79 Å². The fraction of sp³-hybridized carbons (Fsp3) is 0.300. The smallest absolute Gasteiger partial charge is 0.257 e. The van der Waals surface area contributed by atoms with Gasteiger partial charge >= 0.3 is 0 Å². The highest BCUT2D eigenvalue weighted by Gasteiger charge is 2.29. The second kappa shape index (κ2) is 8.18. The predicted molar refractivity (Wildman–Crippen MR) is 96.8 cm³/mol. The van der Waals surface area contributed by atoms with Crippen molar-refractivity contribution in [2.75, 3.05) is 33.3 Å². The van der Waals surface area contributed by atoms with E-state index >= 15 is 0 Å². The van der Waals surface area contributed by atoms with Crippen LogP contribution < -0.4 is 4.74 Å². The number of aliphatic hydroxyl groups excluding tert-OH is 1. The van der Waals surface area contributed by atoms with Gasteiger partial charge in [-0.3, -0.25) is 9.59 Å². The number of piperazine rings is 1. The summed E-state index contributed by atoms with van der Waals surface area (Å²) >= 11 is 0. The topological polar surface area (TPSA) is 70.1 Å². The van der Waals surface area contributed by atoms with Crippen LogP contribution in [-0.4, -0.2) is 60.0 Å². The molecule has 1 fully saturated rings. The highest BCUT2D eigenvalue weighted by molar-refractivity contribution is 5.97. The molecule has 27 heavy (non-hydrogen) atoms. The van der Waals surface area contributed by atoms with Crippen LogP contribution in [0.2, 0.25) is 0 Å². The van der Waals surface area contributed by atoms with Gasteiger partial charge in [-0.2, -0.15) is 0 Å². The molecule has 3 rings (SSSR count). The number of halogens is 1. The Morgan fingerprint density at radius 2 is 1.59 bits per heavy atom. The largest absolute Gasteiger partial charge is 0.496 e. The van der Waals surface area contributed by atoms with E-state index in [0.717, 1.165) is 0 Å². The van der Waals surface area contributed by atoms with E-state index in [2.05, 4.69) is 0 Å². The van der Waals surface area contributed by atoms with Gasteiger partial charge in [-0.05, 0) is 29.8 Å². The molecule has 0 saturated carbocycles. The van der Waals surface area contributed by atoms with E-state index in [0.29, 0.717) is 43.1 Å². The number of benzene rings is 2. The van der Waals surface area contributed by atoms with Gasteiger partial charge in [0.05, 0.1) is 12.7 Å². The van der Waals surface area contributed by atoms with E-state index in [1.807, 2.05) is 0 Å². The molecule has 0 radical (unpaired) electrons. The summed E-state index contributed by atoms with van der Waals surface area (Å²) in [5.74, 6) is -0.528. The first-order valence-electron chi connectivity index (χ1n) is 8.66. The molecule has 0 bridgehead atoms. The molecule has 1 saturated heterocycles. The van der Waals surface area contributed by atoms with Crippen LogP contribution in [0.1, 0.15) is 22.0 Å². The van der Waals surface area contributed by atoms with Crippen molar-refractivity contribution >= 4 is 11.8 Å². The van der Waals surface area contributed by atoms with Crippen LogP contribution in [0.25, 0.3) is 0 Å². The number of carbonyl (C=O) groups excluding carboxylic acids is 2. The Morgan fingerprint density at radius 1 is 1.00 bits per heavy atom. The molecule has 0 spiro atoms. The minimum Gasteiger partial charge on any atom is -0.496 e. The molecule has 6 nitrogen and oxygen atoms in total. The van der Waals surface area contributed by atoms with Gasteiger partial charge in [-0.1, -0.05) is 24.3 Å². The van der Waals surface area contributed by atoms with Gasteiger partial charge in [0.25, 0.3) is 11.8 Å². The molecule has 2 aromatic carbocycles. The quantitative estimate of drug-likeness (QED) is 0.889. The first-order chi connectivity index (χ1) is 13.0. The van der Waals surface area contributed by atoms with Gasteiger partial charge in [0.1, 0.15) is 11.6 Å². The summed E-state index contributed by atoms with van der Waals surface area (Å²) in [5.41, 5.74) is 0.819. The molecule has 1 heterocycles. The Kier molecular flexibility index (Phi) is 5.71. The highest BCUT2D eigenvalue weighted by atomic mass is 19.1. The van der Waals surface area contributed by atoms with E-state index in [1.54, 1.807) is 29.2 Å². The summed E-state index contributed by atoms with van der Waals surface area (Å²) < 4.78 is 18.2. The Labute approximate surface area is 156 Å². The van der Waals surface area contributed by atoms with Gasteiger partial charge < -0.3 is 19.6 Å². The molecule has 0 aliphatic carbocycles. The number of nitrogens with zero attached hydrogens (tertiary/aromatic N) is 2. The molecule has 142 valence electrons. The number of carbonyl (C=O) groups is 2. The summed E-state index contributed by atoms with van der Waals surface area (Å²) in [5, 5.41) is 10.2. The summed E-state index contributed by atoms with van der Waals surface area (Å²) in [6.07, 6.45) is -1.35. The lowest BCUT2D eigenvalue weighted by Gasteiger charge is -2.35. The summed E-state index contributed by atoms with van der Waals surface area (Å²) in [4.78, 5) is 28.4. The number of aliphatic hydroxyl groups is 1. The number of rotatable bonds is 4. The van der Waals surface area contributed by atoms with E-state index in [4.69, 9.17) is 4.74 Å². The van der Waals surface area contributed by atoms with Crippen molar-refractivity contribution in [1.82, 2.24) is 9.80 Å². The molecular weight excluding hydrogens is 351 g/mol. The van der Waals surface area contributed by atoms with Gasteiger partial charge in [0, 0.05) is 26.2 Å². The molecule has 2 aromatic rings. The van der Waals surface area contributed by atoms with Crippen LogP contribution in [0.5, 0.6) is 5.75 Å². The number of hydrogen-bond donors (Lipinski definition) is 1. The molecule has 0 unspecified atom stereocenters. The number of ether oxygens (including phenoxy) is 1. The van der Waals surface area contributed by atoms with E-state index < -0.39 is 17.8 Å². The lowest BCUT2D eigenvalue weighted by Crippen LogP contribution is -2.51. The second-order valence-electron chi connectivity index (χ2n) is 6.27. The van der Waals surface area contributed by atoms with Crippen molar-refractivity contribution in [2.45, 2.75) is 6.10 Å². The number of para-hydroxylation sites is 1. The lowest BCUT2D eigenvalue weighted by molar-refractivity contribution is -0.142. The van der Waals surface area contributed by atoms with Crippen molar-refractivity contribution in [3.63, 3.8) is 0 Å². The fourth-order valence-electron chi connectivity index (χ4n) is 3.08. The SMILES string of the molecule is COc1ccccc1C(=O)N1CCN(C(=O)[C@@H](O)c2ccc(F)cc2)CC1. The van der Waals surface area contributed by atoms with Crippen molar-refractivity contribution in [2.24, 2.45) is 0 Å². The maximum atomic E-state index is 13.0. The third-order valence-electron chi connectivity index (χ3n) is 4.64. The fourth-order valence-corrected chi connectivity index (χ4v) is 3.08. The third kappa shape index (κ3) is 4.09. The maximum Gasteiger partial charge on any atom is 0.257 e. The first kappa shape index (κ1) is 18.8. The van der Waals surface area contributed by atoms with Crippen LogP contribution >= 0.6 is 0 Å². The maximum absolute atomic E-state index is 13.0. The van der Waals surface area contributed by atoms with Crippen molar-refractivity contribution < 1.29 is 23.8 Å². The monoisotopic (exact) mass is 372 g/mol. The number of methoxy groups -OCH3 is 1. The molecule has 1 aliphatic rings. The summed E-state index contributed by atoms with van der Waals surface area (Å²) in [6.45, 7) is 1.35. The van der Waals surface area contributed by atoms with Crippen LogP contribution in [0.4, 0.5) is 4.39 Å². The highest BCUT2D eigenvalue weighted by Crippen LogP contribution is 2.21. The van der Waals surface area contributed by atoms with Gasteiger partial charge in [0.2, 0.25) is 0 Å². The normalized spacial score (nSPS) is 15.4. The lowest BCUT2D eigenvalue weighted by atomic mass is 10.1. The molecule has 1 atom stereocenters. The predicted octanol–water partition coefficient (Wildman–Crippen LogP) is 1.85. The van der Waals surface area contributed by atoms with Crippen LogP contribution in [0.3, 0.4) is 0 Å². The third-order valence-corrected chi connectivity index (χ3v) is 4.64. The van der Waals surface area contributed by atoms with Gasteiger partial charge in [-0.15, -0.1) is 0 Å². The Balaban J connectivity index is 1.62. The Bertz CT molecular complexity index is 817. The average Bonchev–Trinajstić information content (AvgIpc) is 2.72.